The highest BCUT2D eigenvalue weighted by molar-refractivity contribution is 7.34. The van der Waals surface area contributed by atoms with E-state index in [1.165, 1.54) is 12.8 Å². The van der Waals surface area contributed by atoms with Crippen molar-refractivity contribution in [1.29, 1.82) is 0 Å². The van der Waals surface area contributed by atoms with Crippen LogP contribution in [0.25, 0.3) is 0 Å². The first-order valence-corrected chi connectivity index (χ1v) is 13.8. The van der Waals surface area contributed by atoms with Gasteiger partial charge < -0.3 is 0 Å². The monoisotopic (exact) mass is 162 g/mol. The van der Waals surface area contributed by atoms with E-state index in [0.717, 1.165) is 0 Å². The zero-order valence-corrected chi connectivity index (χ0v) is 11.0. The second-order valence-electron chi connectivity index (χ2n) is 2.89. The summed E-state index contributed by atoms with van der Waals surface area (Å²) < 4.78 is 0. The van der Waals surface area contributed by atoms with E-state index in [1.807, 2.05) is 0 Å². The lowest BCUT2D eigenvalue weighted by molar-refractivity contribution is 0.882. The maximum Gasteiger partial charge on any atom is 0.00809 e. The van der Waals surface area contributed by atoms with Crippen molar-refractivity contribution in [2.75, 3.05) is 0 Å². The van der Waals surface area contributed by atoms with E-state index in [1.54, 1.807) is 15.8 Å². The van der Waals surface area contributed by atoms with Gasteiger partial charge in [0.1, 0.15) is 0 Å². The molecule has 1 unspecified atom stereocenters. The van der Waals surface area contributed by atoms with E-state index >= 15 is 0 Å². The fourth-order valence-electron chi connectivity index (χ4n) is 0.803. The molecule has 1 atom stereocenters. The van der Waals surface area contributed by atoms with Crippen LogP contribution in [0.4, 0.5) is 0 Å². The van der Waals surface area contributed by atoms with Crippen molar-refractivity contribution in [3.8, 4) is 0 Å². The Hall–Kier alpha value is 0.651. The minimum absolute atomic E-state index is 0.0757. The molecular formula is C5H18Si3. The van der Waals surface area contributed by atoms with Crippen molar-refractivity contribution in [3.05, 3.63) is 0 Å². The fraction of sp³-hybridized carbons (Fsp3) is 1.00. The van der Waals surface area contributed by atoms with Crippen molar-refractivity contribution in [3.63, 3.8) is 0 Å². The smallest absolute Gasteiger partial charge is 0.00809 e. The summed E-state index contributed by atoms with van der Waals surface area (Å²) in [4.78, 5) is 0. The van der Waals surface area contributed by atoms with E-state index in [2.05, 4.69) is 13.5 Å². The molecule has 0 aromatic rings. The molecule has 0 spiro atoms. The Bertz CT molecular complexity index is 44.9. The highest BCUT2D eigenvalue weighted by Gasteiger charge is 1.93. The number of hydrogen-bond donors (Lipinski definition) is 0. The molecule has 0 saturated carbocycles. The summed E-state index contributed by atoms with van der Waals surface area (Å²) in [6.45, 7) is 4.85. The highest BCUT2D eigenvalue weighted by Crippen LogP contribution is 1.92. The van der Waals surface area contributed by atoms with Crippen LogP contribution in [0.2, 0.25) is 12.6 Å². The van der Waals surface area contributed by atoms with Crippen molar-refractivity contribution in [2.24, 2.45) is 0 Å². The first-order valence-electron chi connectivity index (χ1n) is 3.77. The average molecular weight is 162 g/mol. The summed E-state index contributed by atoms with van der Waals surface area (Å²) in [5.41, 5.74) is 0. The SMILES string of the molecule is CCCC[SiH2][SiH](C)[SiH3]. The number of unbranched alkanes of at least 4 members (excludes halogenated alkanes) is 1. The van der Waals surface area contributed by atoms with Crippen LogP contribution >= 0.6 is 0 Å². The lowest BCUT2D eigenvalue weighted by atomic mass is 10.4. The predicted molar refractivity (Wildman–Crippen MR) is 51.2 cm³/mol. The summed E-state index contributed by atoms with van der Waals surface area (Å²) in [6, 6.07) is 1.66. The van der Waals surface area contributed by atoms with E-state index < -0.39 is 0 Å². The normalized spacial score (nSPS) is 15.8. The second kappa shape index (κ2) is 5.78. The molecule has 0 amide bonds. The number of rotatable bonds is 4. The Morgan fingerprint density at radius 2 is 2.25 bits per heavy atom. The summed E-state index contributed by atoms with van der Waals surface area (Å²) in [5, 5.41) is 0. The van der Waals surface area contributed by atoms with Crippen LogP contribution in [-0.2, 0) is 0 Å². The quantitative estimate of drug-likeness (QED) is 0.389. The minimum atomic E-state index is 0.0757. The van der Waals surface area contributed by atoms with Gasteiger partial charge in [-0.15, -0.1) is 0 Å². The van der Waals surface area contributed by atoms with Gasteiger partial charge in [0.25, 0.3) is 0 Å². The lowest BCUT2D eigenvalue weighted by Crippen LogP contribution is -2.17. The van der Waals surface area contributed by atoms with Gasteiger partial charge in [0.05, 0.1) is 0 Å². The van der Waals surface area contributed by atoms with E-state index in [0.29, 0.717) is 9.04 Å². The zero-order valence-electron chi connectivity index (χ0n) is 6.41. The topological polar surface area (TPSA) is 0 Å². The molecule has 0 aromatic carbocycles. The minimum Gasteiger partial charge on any atom is -0.0768 e. The van der Waals surface area contributed by atoms with Crippen LogP contribution in [0, 0.1) is 0 Å². The van der Waals surface area contributed by atoms with Gasteiger partial charge in [0.15, 0.2) is 0 Å². The third-order valence-electron chi connectivity index (χ3n) is 1.39. The van der Waals surface area contributed by atoms with Gasteiger partial charge in [-0.05, 0) is 9.76 Å². The number of hydrogen-bond acceptors (Lipinski definition) is 0. The maximum atomic E-state index is 2.55. The maximum absolute atomic E-state index is 2.55. The van der Waals surface area contributed by atoms with Crippen molar-refractivity contribution < 1.29 is 0 Å². The Labute approximate surface area is 59.5 Å². The van der Waals surface area contributed by atoms with Crippen molar-refractivity contribution in [1.82, 2.24) is 0 Å². The Kier molecular flexibility index (Phi) is 6.25. The molecule has 0 fully saturated rings. The molecule has 50 valence electrons. The van der Waals surface area contributed by atoms with Gasteiger partial charge >= 0.3 is 0 Å². The molecule has 0 heterocycles. The molecule has 0 aromatic heterocycles. The zero-order chi connectivity index (χ0) is 6.41. The Balaban J connectivity index is 2.72. The van der Waals surface area contributed by atoms with Crippen LogP contribution in [0.5, 0.6) is 0 Å². The van der Waals surface area contributed by atoms with Gasteiger partial charge in [-0.2, -0.15) is 0 Å². The van der Waals surface area contributed by atoms with Crippen molar-refractivity contribution >= 4 is 26.6 Å². The van der Waals surface area contributed by atoms with Gasteiger partial charge in [0, 0.05) is 16.9 Å². The van der Waals surface area contributed by atoms with E-state index in [-0.39, 0.29) is 7.83 Å². The third kappa shape index (κ3) is 6.65. The summed E-state index contributed by atoms with van der Waals surface area (Å²) in [5.74, 6) is 0. The molecule has 3 heteroatoms. The highest BCUT2D eigenvalue weighted by atomic mass is 29.5. The summed E-state index contributed by atoms with van der Waals surface area (Å²) in [7, 11) is 2.20. The molecule has 0 N–H and O–H groups in total. The molecule has 0 nitrogen and oxygen atoms in total. The molecule has 0 saturated heterocycles. The Morgan fingerprint density at radius 3 is 2.62 bits per heavy atom. The van der Waals surface area contributed by atoms with Gasteiger partial charge in [-0.3, -0.25) is 0 Å². The van der Waals surface area contributed by atoms with Gasteiger partial charge in [-0.25, -0.2) is 0 Å². The van der Waals surface area contributed by atoms with Crippen molar-refractivity contribution in [2.45, 2.75) is 32.4 Å². The molecule has 0 aliphatic rings. The molecule has 8 heavy (non-hydrogen) atoms. The van der Waals surface area contributed by atoms with Gasteiger partial charge in [0.2, 0.25) is 0 Å². The Morgan fingerprint density at radius 1 is 1.62 bits per heavy atom. The summed E-state index contributed by atoms with van der Waals surface area (Å²) >= 11 is 0. The van der Waals surface area contributed by atoms with Crippen LogP contribution < -0.4 is 0 Å². The predicted octanol–water partition coefficient (Wildman–Crippen LogP) is -0.411. The van der Waals surface area contributed by atoms with Gasteiger partial charge in [-0.1, -0.05) is 32.4 Å². The third-order valence-corrected chi connectivity index (χ3v) is 13.3. The molecular weight excluding hydrogens is 144 g/mol. The van der Waals surface area contributed by atoms with Crippen LogP contribution in [0.1, 0.15) is 19.8 Å². The summed E-state index contributed by atoms with van der Waals surface area (Å²) in [6.07, 6.45) is 2.96. The molecule has 0 rings (SSSR count). The second-order valence-corrected chi connectivity index (χ2v) is 24.4. The fourth-order valence-corrected chi connectivity index (χ4v) is 9.40. The first-order chi connectivity index (χ1) is 3.77. The molecule has 0 aliphatic heterocycles. The van der Waals surface area contributed by atoms with E-state index in [4.69, 9.17) is 0 Å². The van der Waals surface area contributed by atoms with Crippen LogP contribution in [0.15, 0.2) is 0 Å². The lowest BCUT2D eigenvalue weighted by Gasteiger charge is -1.97. The largest absolute Gasteiger partial charge is 0.0768 e. The molecule has 0 aliphatic carbocycles. The average Bonchev–Trinajstić information content (AvgIpc) is 1.66. The standard InChI is InChI=1S/C5H18Si3/c1-3-4-5-7-8(2)6/h8H,3-5,7H2,1-2,6H3. The van der Waals surface area contributed by atoms with Crippen LogP contribution in [-0.4, -0.2) is 26.6 Å². The first kappa shape index (κ1) is 8.65. The molecule has 0 bridgehead atoms. The van der Waals surface area contributed by atoms with E-state index in [9.17, 15) is 0 Å². The van der Waals surface area contributed by atoms with Crippen LogP contribution in [0.3, 0.4) is 0 Å². The molecule has 0 radical (unpaired) electrons.